The largest absolute Gasteiger partial charge is 0.422 e. The zero-order valence-corrected chi connectivity index (χ0v) is 9.59. The second kappa shape index (κ2) is 4.36. The van der Waals surface area contributed by atoms with Crippen LogP contribution in [0, 0.1) is 0 Å². The number of hydrogen-bond donors (Lipinski definition) is 0. The van der Waals surface area contributed by atoms with E-state index in [1.54, 1.807) is 12.1 Å². The Bertz CT molecular complexity index is 738. The number of hydrogen-bond acceptors (Lipinski definition) is 2. The molecule has 0 N–H and O–H groups in total. The number of furan rings is 1. The van der Waals surface area contributed by atoms with Gasteiger partial charge in [-0.15, -0.1) is 5.73 Å². The Morgan fingerprint density at radius 3 is 2.83 bits per heavy atom. The Kier molecular flexibility index (Phi) is 2.56. The molecule has 0 fully saturated rings. The Balaban J connectivity index is 2.30. The molecule has 86 valence electrons. The quantitative estimate of drug-likeness (QED) is 0.708. The smallest absolute Gasteiger partial charge is 0.345 e. The number of rotatable bonds is 1. The number of fused-ring (bicyclic) bond motifs is 1. The molecule has 0 amide bonds. The molecule has 0 radical (unpaired) electrons. The zero-order chi connectivity index (χ0) is 12.4. The van der Waals surface area contributed by atoms with Crippen molar-refractivity contribution in [3.8, 4) is 11.3 Å². The predicted octanol–water partition coefficient (Wildman–Crippen LogP) is 3.41. The maximum absolute atomic E-state index is 12.0. The Morgan fingerprint density at radius 1 is 1.00 bits per heavy atom. The molecule has 2 aliphatic carbocycles. The van der Waals surface area contributed by atoms with E-state index >= 15 is 0 Å². The summed E-state index contributed by atoms with van der Waals surface area (Å²) in [5.41, 5.74) is 4.89. The first-order chi connectivity index (χ1) is 8.86. The van der Waals surface area contributed by atoms with Gasteiger partial charge < -0.3 is 4.42 Å². The summed E-state index contributed by atoms with van der Waals surface area (Å²) >= 11 is 0. The molecular formula is C16H10O2. The molecule has 3 aliphatic rings. The van der Waals surface area contributed by atoms with Crippen molar-refractivity contribution in [3.05, 3.63) is 82.4 Å². The van der Waals surface area contributed by atoms with Crippen molar-refractivity contribution in [2.24, 2.45) is 0 Å². The molecule has 0 bridgehead atoms. The summed E-state index contributed by atoms with van der Waals surface area (Å²) in [4.78, 5) is 12.0. The average molecular weight is 234 g/mol. The van der Waals surface area contributed by atoms with Gasteiger partial charge in [-0.3, -0.25) is 0 Å². The van der Waals surface area contributed by atoms with Gasteiger partial charge in [0, 0.05) is 11.1 Å². The molecule has 3 rings (SSSR count). The van der Waals surface area contributed by atoms with Crippen LogP contribution in [0.2, 0.25) is 0 Å². The van der Waals surface area contributed by atoms with Gasteiger partial charge >= 0.3 is 5.63 Å². The molecule has 0 aromatic carbocycles. The minimum atomic E-state index is -0.321. The molecule has 0 spiro atoms. The Labute approximate surface area is 104 Å². The van der Waals surface area contributed by atoms with Crippen LogP contribution in [0.1, 0.15) is 5.56 Å². The van der Waals surface area contributed by atoms with Crippen LogP contribution < -0.4 is 5.63 Å². The molecule has 1 heterocycles. The van der Waals surface area contributed by atoms with E-state index in [1.807, 2.05) is 48.6 Å². The van der Waals surface area contributed by atoms with Gasteiger partial charge in [0.15, 0.2) is 0 Å². The third-order valence-electron chi connectivity index (χ3n) is 2.76. The van der Waals surface area contributed by atoms with E-state index in [0.29, 0.717) is 11.3 Å². The zero-order valence-electron chi connectivity index (χ0n) is 9.59. The second-order valence-corrected chi connectivity index (χ2v) is 3.92. The maximum Gasteiger partial charge on any atom is 0.345 e. The fourth-order valence-corrected chi connectivity index (χ4v) is 1.96. The van der Waals surface area contributed by atoms with E-state index < -0.39 is 0 Å². The molecule has 0 aromatic heterocycles. The van der Waals surface area contributed by atoms with E-state index in [9.17, 15) is 4.79 Å². The van der Waals surface area contributed by atoms with Gasteiger partial charge in [-0.1, -0.05) is 42.5 Å². The first kappa shape index (κ1) is 10.6. The highest BCUT2D eigenvalue weighted by Crippen LogP contribution is 2.28. The molecule has 0 unspecified atom stereocenters. The molecule has 0 atom stereocenters. The lowest BCUT2D eigenvalue weighted by Gasteiger charge is -1.95. The van der Waals surface area contributed by atoms with E-state index in [2.05, 4.69) is 5.73 Å². The second-order valence-electron chi connectivity index (χ2n) is 3.92. The summed E-state index contributed by atoms with van der Waals surface area (Å²) in [6.07, 6.45) is 9.30. The third kappa shape index (κ3) is 1.75. The minimum absolute atomic E-state index is 0.321. The van der Waals surface area contributed by atoms with Crippen molar-refractivity contribution in [3.63, 3.8) is 0 Å². The van der Waals surface area contributed by atoms with Crippen molar-refractivity contribution < 1.29 is 4.42 Å². The summed E-state index contributed by atoms with van der Waals surface area (Å²) in [7, 11) is 0. The van der Waals surface area contributed by atoms with Crippen LogP contribution in [-0.4, -0.2) is 0 Å². The molecule has 1 aliphatic heterocycles. The minimum Gasteiger partial charge on any atom is -0.422 e. The average Bonchev–Trinajstić information content (AvgIpc) is 2.62. The van der Waals surface area contributed by atoms with Crippen molar-refractivity contribution in [2.75, 3.05) is 0 Å². The van der Waals surface area contributed by atoms with Gasteiger partial charge in [-0.2, -0.15) is 0 Å². The first-order valence-corrected chi connectivity index (χ1v) is 5.68. The summed E-state index contributed by atoms with van der Waals surface area (Å²) in [6.45, 7) is 0. The SMILES string of the molecule is O=c1oc2cccccc-2c1C1=C=CC=CC=C1. The molecule has 2 heteroatoms. The van der Waals surface area contributed by atoms with Crippen LogP contribution in [0.3, 0.4) is 0 Å². The van der Waals surface area contributed by atoms with Gasteiger partial charge in [-0.05, 0) is 18.2 Å². The summed E-state index contributed by atoms with van der Waals surface area (Å²) in [5, 5.41) is 0. The molecule has 2 nitrogen and oxygen atoms in total. The highest BCUT2D eigenvalue weighted by molar-refractivity contribution is 5.84. The van der Waals surface area contributed by atoms with Crippen LogP contribution in [0.25, 0.3) is 16.9 Å². The summed E-state index contributed by atoms with van der Waals surface area (Å²) in [6, 6.07) is 9.32. The van der Waals surface area contributed by atoms with Crippen LogP contribution in [0.4, 0.5) is 0 Å². The number of allylic oxidation sites excluding steroid dienone is 5. The van der Waals surface area contributed by atoms with E-state index in [4.69, 9.17) is 4.42 Å². The topological polar surface area (TPSA) is 30.2 Å². The monoisotopic (exact) mass is 234 g/mol. The van der Waals surface area contributed by atoms with Crippen LogP contribution >= 0.6 is 0 Å². The normalized spacial score (nSPS) is 13.7. The highest BCUT2D eigenvalue weighted by Gasteiger charge is 2.18. The lowest BCUT2D eigenvalue weighted by Crippen LogP contribution is -1.98. The molecule has 0 aromatic rings. The van der Waals surface area contributed by atoms with Crippen LogP contribution in [0.15, 0.2) is 75.7 Å². The summed E-state index contributed by atoms with van der Waals surface area (Å²) < 4.78 is 5.27. The lowest BCUT2D eigenvalue weighted by molar-refractivity contribution is 0.544. The molecule has 18 heavy (non-hydrogen) atoms. The summed E-state index contributed by atoms with van der Waals surface area (Å²) in [5.74, 6) is 0.597. The molecule has 0 saturated carbocycles. The van der Waals surface area contributed by atoms with Crippen molar-refractivity contribution >= 4 is 5.57 Å². The third-order valence-corrected chi connectivity index (χ3v) is 2.76. The predicted molar refractivity (Wildman–Crippen MR) is 71.4 cm³/mol. The Morgan fingerprint density at radius 2 is 1.89 bits per heavy atom. The lowest BCUT2D eigenvalue weighted by atomic mass is 10.0. The maximum atomic E-state index is 12.0. The van der Waals surface area contributed by atoms with Gasteiger partial charge in [0.2, 0.25) is 0 Å². The fraction of sp³-hybridized carbons (Fsp3) is 0. The van der Waals surface area contributed by atoms with E-state index in [0.717, 1.165) is 11.1 Å². The van der Waals surface area contributed by atoms with Crippen molar-refractivity contribution in [2.45, 2.75) is 0 Å². The van der Waals surface area contributed by atoms with Gasteiger partial charge in [0.05, 0.1) is 5.56 Å². The Hall–Kier alpha value is -2.57. The molecule has 0 saturated heterocycles. The van der Waals surface area contributed by atoms with Crippen molar-refractivity contribution in [1.82, 2.24) is 0 Å². The van der Waals surface area contributed by atoms with E-state index in [1.165, 1.54) is 0 Å². The van der Waals surface area contributed by atoms with E-state index in [-0.39, 0.29) is 5.63 Å². The first-order valence-electron chi connectivity index (χ1n) is 5.68. The van der Waals surface area contributed by atoms with Crippen LogP contribution in [-0.2, 0) is 0 Å². The highest BCUT2D eigenvalue weighted by atomic mass is 16.4. The molecular weight excluding hydrogens is 224 g/mol. The van der Waals surface area contributed by atoms with Gasteiger partial charge in [0.1, 0.15) is 5.76 Å². The van der Waals surface area contributed by atoms with Gasteiger partial charge in [0.25, 0.3) is 0 Å². The van der Waals surface area contributed by atoms with Gasteiger partial charge in [-0.25, -0.2) is 4.79 Å². The van der Waals surface area contributed by atoms with Crippen LogP contribution in [0.5, 0.6) is 0 Å². The fourth-order valence-electron chi connectivity index (χ4n) is 1.96. The standard InChI is InChI=1S/C16H10O2/c17-16-15(12-8-4-1-2-5-9-12)13-10-6-3-7-11-14(13)18-16/h1-8,10-11H. The van der Waals surface area contributed by atoms with Crippen molar-refractivity contribution in [1.29, 1.82) is 0 Å².